The molecular weight excluding hydrogens is 303 g/mol. The average Bonchev–Trinajstić information content (AvgIpc) is 2.65. The van der Waals surface area contributed by atoms with Crippen molar-refractivity contribution < 1.29 is 26.7 Å². The molecule has 19 heavy (non-hydrogen) atoms. The van der Waals surface area contributed by atoms with Crippen LogP contribution in [0.5, 0.6) is 0 Å². The highest BCUT2D eigenvalue weighted by molar-refractivity contribution is 7.89. The van der Waals surface area contributed by atoms with Crippen LogP contribution in [-0.2, 0) is 16.6 Å². The summed E-state index contributed by atoms with van der Waals surface area (Å²) < 4.78 is 61.7. The summed E-state index contributed by atoms with van der Waals surface area (Å²) in [5.41, 5.74) is 0.470. The molecule has 0 bridgehead atoms. The van der Waals surface area contributed by atoms with Gasteiger partial charge in [-0.25, -0.2) is 13.1 Å². The second-order valence-corrected chi connectivity index (χ2v) is 6.61. The van der Waals surface area contributed by atoms with Crippen LogP contribution in [0.3, 0.4) is 0 Å². The number of thiophene rings is 1. The van der Waals surface area contributed by atoms with Gasteiger partial charge in [0.15, 0.2) is 0 Å². The van der Waals surface area contributed by atoms with Crippen LogP contribution in [0, 0.1) is 6.92 Å². The molecule has 0 aliphatic carbocycles. The predicted octanol–water partition coefficient (Wildman–Crippen LogP) is 2.17. The van der Waals surface area contributed by atoms with Crippen LogP contribution in [0.2, 0.25) is 0 Å². The van der Waals surface area contributed by atoms with Crippen LogP contribution in [0.1, 0.15) is 23.3 Å². The summed E-state index contributed by atoms with van der Waals surface area (Å²) in [4.78, 5) is 0.243. The van der Waals surface area contributed by atoms with E-state index in [0.29, 0.717) is 5.56 Å². The van der Waals surface area contributed by atoms with Gasteiger partial charge in [0.2, 0.25) is 10.0 Å². The molecule has 0 saturated heterocycles. The van der Waals surface area contributed by atoms with E-state index in [1.807, 2.05) is 0 Å². The van der Waals surface area contributed by atoms with Crippen LogP contribution in [-0.4, -0.2) is 26.2 Å². The molecule has 1 rings (SSSR count). The first-order valence-corrected chi connectivity index (χ1v) is 7.78. The number of hydrogen-bond donors (Lipinski definition) is 2. The van der Waals surface area contributed by atoms with Gasteiger partial charge >= 0.3 is 6.18 Å². The van der Waals surface area contributed by atoms with Crippen molar-refractivity contribution >= 4 is 21.4 Å². The second-order valence-electron chi connectivity index (χ2n) is 3.95. The molecule has 0 aliphatic rings. The van der Waals surface area contributed by atoms with Crippen LogP contribution in [0.25, 0.3) is 0 Å². The van der Waals surface area contributed by atoms with Gasteiger partial charge in [0, 0.05) is 13.0 Å². The van der Waals surface area contributed by atoms with E-state index in [9.17, 15) is 21.6 Å². The molecule has 9 heteroatoms. The highest BCUT2D eigenvalue weighted by atomic mass is 32.2. The van der Waals surface area contributed by atoms with Gasteiger partial charge in [0.25, 0.3) is 0 Å². The van der Waals surface area contributed by atoms with E-state index in [0.717, 1.165) is 11.3 Å². The Morgan fingerprint density at radius 3 is 2.58 bits per heavy atom. The fraction of sp³-hybridized carbons (Fsp3) is 0.600. The Hall–Kier alpha value is -0.640. The van der Waals surface area contributed by atoms with Crippen molar-refractivity contribution in [1.82, 2.24) is 4.72 Å². The quantitative estimate of drug-likeness (QED) is 0.790. The fourth-order valence-corrected chi connectivity index (χ4v) is 4.26. The van der Waals surface area contributed by atoms with Crippen molar-refractivity contribution in [2.24, 2.45) is 0 Å². The number of halogens is 3. The molecule has 1 aromatic rings. The Kier molecular flexibility index (Phi) is 5.36. The maximum atomic E-state index is 11.9. The highest BCUT2D eigenvalue weighted by Gasteiger charge is 2.27. The first kappa shape index (κ1) is 16.4. The summed E-state index contributed by atoms with van der Waals surface area (Å²) in [6, 6.07) is 0. The van der Waals surface area contributed by atoms with Crippen molar-refractivity contribution in [3.8, 4) is 0 Å². The molecule has 4 nitrogen and oxygen atoms in total. The lowest BCUT2D eigenvalue weighted by atomic mass is 10.3. The molecule has 0 atom stereocenters. The average molecular weight is 317 g/mol. The summed E-state index contributed by atoms with van der Waals surface area (Å²) in [5.74, 6) is 0. The second kappa shape index (κ2) is 6.21. The van der Waals surface area contributed by atoms with Crippen LogP contribution >= 0.6 is 11.3 Å². The normalized spacial score (nSPS) is 12.9. The van der Waals surface area contributed by atoms with E-state index < -0.39 is 29.2 Å². The Bertz CT molecular complexity index is 523. The smallest absolute Gasteiger partial charge is 0.389 e. The van der Waals surface area contributed by atoms with Crippen LogP contribution < -0.4 is 4.72 Å². The van der Waals surface area contributed by atoms with E-state index in [1.165, 1.54) is 0 Å². The molecule has 2 N–H and O–H groups in total. The molecule has 0 amide bonds. The summed E-state index contributed by atoms with van der Waals surface area (Å²) >= 11 is 1.10. The summed E-state index contributed by atoms with van der Waals surface area (Å²) in [5, 5.41) is 10.6. The molecule has 1 aromatic heterocycles. The van der Waals surface area contributed by atoms with Crippen molar-refractivity contribution in [3.63, 3.8) is 0 Å². The zero-order chi connectivity index (χ0) is 14.7. The molecule has 0 unspecified atom stereocenters. The topological polar surface area (TPSA) is 66.4 Å². The molecule has 0 aliphatic heterocycles. The zero-order valence-corrected chi connectivity index (χ0v) is 11.8. The number of hydrogen-bond acceptors (Lipinski definition) is 4. The molecule has 0 spiro atoms. The first-order valence-electron chi connectivity index (χ1n) is 5.41. The minimum atomic E-state index is -4.29. The number of sulfonamides is 1. The van der Waals surface area contributed by atoms with Gasteiger partial charge in [0.1, 0.15) is 4.90 Å². The van der Waals surface area contributed by atoms with Crippen LogP contribution in [0.4, 0.5) is 13.2 Å². The summed E-state index contributed by atoms with van der Waals surface area (Å²) in [6.45, 7) is 0.860. The van der Waals surface area contributed by atoms with Gasteiger partial charge in [-0.1, -0.05) is 0 Å². The van der Waals surface area contributed by atoms with Crippen molar-refractivity contribution in [2.45, 2.75) is 37.4 Å². The monoisotopic (exact) mass is 317 g/mol. The Labute approximate surface area is 113 Å². The summed E-state index contributed by atoms with van der Waals surface area (Å²) in [7, 11) is -3.88. The van der Waals surface area contributed by atoms with Crippen LogP contribution in [0.15, 0.2) is 10.3 Å². The lowest BCUT2D eigenvalue weighted by Gasteiger charge is -2.09. The van der Waals surface area contributed by atoms with E-state index in [2.05, 4.69) is 4.72 Å². The van der Waals surface area contributed by atoms with E-state index in [-0.39, 0.29) is 22.7 Å². The lowest BCUT2D eigenvalue weighted by molar-refractivity contribution is -0.135. The first-order chi connectivity index (χ1) is 8.67. The number of aliphatic hydroxyl groups is 1. The number of alkyl halides is 3. The molecule has 0 saturated carbocycles. The molecule has 0 fully saturated rings. The third kappa shape index (κ3) is 4.75. The number of aliphatic hydroxyl groups excluding tert-OH is 1. The van der Waals surface area contributed by atoms with Crippen molar-refractivity contribution in [3.05, 3.63) is 15.8 Å². The number of aryl methyl sites for hydroxylation is 1. The Balaban J connectivity index is 2.69. The predicted molar refractivity (Wildman–Crippen MR) is 65.5 cm³/mol. The van der Waals surface area contributed by atoms with E-state index in [4.69, 9.17) is 5.11 Å². The third-order valence-electron chi connectivity index (χ3n) is 2.33. The van der Waals surface area contributed by atoms with Gasteiger partial charge in [-0.05, 0) is 24.3 Å². The Morgan fingerprint density at radius 2 is 2.05 bits per heavy atom. The number of nitrogens with one attached hydrogen (secondary N) is 1. The zero-order valence-electron chi connectivity index (χ0n) is 10.1. The SMILES string of the molecule is Cc1csc(CO)c1S(=O)(=O)NCCCC(F)(F)F. The molecule has 1 heterocycles. The highest BCUT2D eigenvalue weighted by Crippen LogP contribution is 2.27. The van der Waals surface area contributed by atoms with Gasteiger partial charge in [-0.2, -0.15) is 13.2 Å². The van der Waals surface area contributed by atoms with Gasteiger partial charge < -0.3 is 5.11 Å². The van der Waals surface area contributed by atoms with E-state index in [1.54, 1.807) is 12.3 Å². The van der Waals surface area contributed by atoms with Gasteiger partial charge in [-0.3, -0.25) is 0 Å². The summed E-state index contributed by atoms with van der Waals surface area (Å²) in [6.07, 6.45) is -5.65. The Morgan fingerprint density at radius 1 is 1.42 bits per heavy atom. The molecule has 0 radical (unpaired) electrons. The number of rotatable bonds is 6. The third-order valence-corrected chi connectivity index (χ3v) is 5.24. The molecule has 110 valence electrons. The lowest BCUT2D eigenvalue weighted by Crippen LogP contribution is -2.26. The van der Waals surface area contributed by atoms with E-state index >= 15 is 0 Å². The van der Waals surface area contributed by atoms with Crippen molar-refractivity contribution in [2.75, 3.05) is 6.54 Å². The maximum Gasteiger partial charge on any atom is 0.389 e. The molecule has 0 aromatic carbocycles. The van der Waals surface area contributed by atoms with Gasteiger partial charge in [0.05, 0.1) is 11.5 Å². The maximum absolute atomic E-state index is 11.9. The molecular formula is C10H14F3NO3S2. The minimum Gasteiger partial charge on any atom is -0.391 e. The fourth-order valence-electron chi connectivity index (χ4n) is 1.52. The van der Waals surface area contributed by atoms with Crippen molar-refractivity contribution in [1.29, 1.82) is 0 Å². The van der Waals surface area contributed by atoms with Gasteiger partial charge in [-0.15, -0.1) is 11.3 Å². The minimum absolute atomic E-state index is 0.0352. The standard InChI is InChI=1S/C10H14F3NO3S2/c1-7-6-18-8(5-15)9(7)19(16,17)14-4-2-3-10(11,12)13/h6,14-15H,2-5H2,1H3. The largest absolute Gasteiger partial charge is 0.391 e.